The first kappa shape index (κ1) is 19.6. The molecule has 0 saturated carbocycles. The minimum atomic E-state index is -0.490. The molecule has 26 heavy (non-hydrogen) atoms. The van der Waals surface area contributed by atoms with Crippen molar-refractivity contribution in [2.24, 2.45) is 5.92 Å². The van der Waals surface area contributed by atoms with E-state index in [-0.39, 0.29) is 29.6 Å². The Morgan fingerprint density at radius 2 is 1.46 bits per heavy atom. The third kappa shape index (κ3) is 5.95. The van der Waals surface area contributed by atoms with E-state index in [9.17, 15) is 18.4 Å². The number of carbonyl (C=O) groups is 2. The minimum Gasteiger partial charge on any atom is -0.350 e. The predicted octanol–water partition coefficient (Wildman–Crippen LogP) is 3.54. The molecule has 0 fully saturated rings. The van der Waals surface area contributed by atoms with Crippen LogP contribution in [0.15, 0.2) is 48.5 Å². The van der Waals surface area contributed by atoms with Gasteiger partial charge in [-0.15, -0.1) is 0 Å². The molecule has 0 aliphatic rings. The SMILES string of the molecule is CC(C)CC(CNC(=O)c1cccc(F)c1)NC(=O)c1cccc(F)c1. The molecule has 0 aliphatic carbocycles. The summed E-state index contributed by atoms with van der Waals surface area (Å²) in [4.78, 5) is 24.5. The second kappa shape index (κ2) is 9.08. The topological polar surface area (TPSA) is 58.2 Å². The number of hydrogen-bond acceptors (Lipinski definition) is 2. The summed E-state index contributed by atoms with van der Waals surface area (Å²) in [5.74, 6) is -1.53. The van der Waals surface area contributed by atoms with Gasteiger partial charge in [0.2, 0.25) is 0 Å². The maximum absolute atomic E-state index is 13.3. The zero-order valence-corrected chi connectivity index (χ0v) is 14.8. The molecule has 6 heteroatoms. The molecule has 4 nitrogen and oxygen atoms in total. The monoisotopic (exact) mass is 360 g/mol. The van der Waals surface area contributed by atoms with Crippen LogP contribution in [-0.2, 0) is 0 Å². The number of nitrogens with one attached hydrogen (secondary N) is 2. The lowest BCUT2D eigenvalue weighted by atomic mass is 10.0. The Morgan fingerprint density at radius 3 is 1.96 bits per heavy atom. The standard InChI is InChI=1S/C20H22F2N2O2/c1-13(2)9-18(24-20(26)15-6-4-8-17(22)11-15)12-23-19(25)14-5-3-7-16(21)10-14/h3-8,10-11,13,18H,9,12H2,1-2H3,(H,23,25)(H,24,26). The van der Waals surface area contributed by atoms with E-state index in [1.165, 1.54) is 36.4 Å². The Labute approximate surface area is 151 Å². The van der Waals surface area contributed by atoms with Crippen LogP contribution >= 0.6 is 0 Å². The molecule has 0 aromatic heterocycles. The molecular formula is C20H22F2N2O2. The Balaban J connectivity index is 2.00. The average Bonchev–Trinajstić information content (AvgIpc) is 2.59. The number of benzene rings is 2. The van der Waals surface area contributed by atoms with Crippen molar-refractivity contribution in [2.45, 2.75) is 26.3 Å². The lowest BCUT2D eigenvalue weighted by Gasteiger charge is -2.21. The summed E-state index contributed by atoms with van der Waals surface area (Å²) in [7, 11) is 0. The van der Waals surface area contributed by atoms with Gasteiger partial charge in [0.05, 0.1) is 0 Å². The quantitative estimate of drug-likeness (QED) is 0.793. The first-order valence-electron chi connectivity index (χ1n) is 8.45. The highest BCUT2D eigenvalue weighted by molar-refractivity contribution is 5.95. The Hall–Kier alpha value is -2.76. The Kier molecular flexibility index (Phi) is 6.83. The normalized spacial score (nSPS) is 11.9. The van der Waals surface area contributed by atoms with Crippen LogP contribution in [-0.4, -0.2) is 24.4 Å². The summed E-state index contributed by atoms with van der Waals surface area (Å²) in [6, 6.07) is 10.5. The molecule has 0 radical (unpaired) electrons. The molecule has 0 heterocycles. The molecule has 0 aliphatic heterocycles. The van der Waals surface area contributed by atoms with Crippen LogP contribution in [0, 0.1) is 17.6 Å². The van der Waals surface area contributed by atoms with E-state index in [1.54, 1.807) is 0 Å². The number of hydrogen-bond donors (Lipinski definition) is 2. The molecule has 1 atom stereocenters. The van der Waals surface area contributed by atoms with Crippen molar-refractivity contribution in [3.63, 3.8) is 0 Å². The summed E-state index contributed by atoms with van der Waals surface area (Å²) < 4.78 is 26.5. The molecular weight excluding hydrogens is 338 g/mol. The van der Waals surface area contributed by atoms with Crippen LogP contribution in [0.1, 0.15) is 41.0 Å². The van der Waals surface area contributed by atoms with Gasteiger partial charge in [-0.05, 0) is 48.7 Å². The summed E-state index contributed by atoms with van der Waals surface area (Å²) in [6.45, 7) is 4.18. The fourth-order valence-corrected chi connectivity index (χ4v) is 2.61. The zero-order valence-electron chi connectivity index (χ0n) is 14.8. The van der Waals surface area contributed by atoms with E-state index in [0.29, 0.717) is 6.42 Å². The number of halogens is 2. The summed E-state index contributed by atoms with van der Waals surface area (Å²) in [5, 5.41) is 5.52. The molecule has 2 N–H and O–H groups in total. The highest BCUT2D eigenvalue weighted by Crippen LogP contribution is 2.08. The minimum absolute atomic E-state index is 0.189. The first-order chi connectivity index (χ1) is 12.3. The van der Waals surface area contributed by atoms with E-state index in [1.807, 2.05) is 13.8 Å². The van der Waals surface area contributed by atoms with Crippen LogP contribution in [0.4, 0.5) is 8.78 Å². The van der Waals surface area contributed by atoms with Crippen molar-refractivity contribution in [3.8, 4) is 0 Å². The first-order valence-corrected chi connectivity index (χ1v) is 8.45. The van der Waals surface area contributed by atoms with Gasteiger partial charge < -0.3 is 10.6 Å². The van der Waals surface area contributed by atoms with Crippen molar-refractivity contribution < 1.29 is 18.4 Å². The maximum Gasteiger partial charge on any atom is 0.251 e. The smallest absolute Gasteiger partial charge is 0.251 e. The molecule has 2 aromatic carbocycles. The highest BCUT2D eigenvalue weighted by Gasteiger charge is 2.17. The van der Waals surface area contributed by atoms with E-state index >= 15 is 0 Å². The summed E-state index contributed by atoms with van der Waals surface area (Å²) >= 11 is 0. The van der Waals surface area contributed by atoms with Gasteiger partial charge in [-0.2, -0.15) is 0 Å². The van der Waals surface area contributed by atoms with Gasteiger partial charge in [-0.25, -0.2) is 8.78 Å². The predicted molar refractivity (Wildman–Crippen MR) is 95.8 cm³/mol. The van der Waals surface area contributed by atoms with Gasteiger partial charge in [0.15, 0.2) is 0 Å². The molecule has 2 aromatic rings. The van der Waals surface area contributed by atoms with E-state index in [0.717, 1.165) is 12.1 Å². The van der Waals surface area contributed by atoms with E-state index < -0.39 is 23.4 Å². The van der Waals surface area contributed by atoms with E-state index in [2.05, 4.69) is 10.6 Å². The van der Waals surface area contributed by atoms with Crippen molar-refractivity contribution >= 4 is 11.8 Å². The number of rotatable bonds is 7. The van der Waals surface area contributed by atoms with Crippen molar-refractivity contribution in [1.82, 2.24) is 10.6 Å². The largest absolute Gasteiger partial charge is 0.350 e. The third-order valence-electron chi connectivity index (χ3n) is 3.77. The van der Waals surface area contributed by atoms with Gasteiger partial charge in [-0.3, -0.25) is 9.59 Å². The van der Waals surface area contributed by atoms with Crippen molar-refractivity contribution in [1.29, 1.82) is 0 Å². The molecule has 2 amide bonds. The van der Waals surface area contributed by atoms with Gasteiger partial charge in [0.1, 0.15) is 11.6 Å². The van der Waals surface area contributed by atoms with Gasteiger partial charge in [0, 0.05) is 23.7 Å². The maximum atomic E-state index is 13.3. The molecule has 0 saturated heterocycles. The van der Waals surface area contributed by atoms with Crippen LogP contribution in [0.3, 0.4) is 0 Å². The molecule has 2 rings (SSSR count). The average molecular weight is 360 g/mol. The van der Waals surface area contributed by atoms with Crippen LogP contribution < -0.4 is 10.6 Å². The lowest BCUT2D eigenvalue weighted by molar-refractivity contribution is 0.0903. The Bertz CT molecular complexity index is 778. The van der Waals surface area contributed by atoms with Crippen LogP contribution in [0.2, 0.25) is 0 Å². The van der Waals surface area contributed by atoms with Crippen LogP contribution in [0.5, 0.6) is 0 Å². The molecule has 0 bridgehead atoms. The fraction of sp³-hybridized carbons (Fsp3) is 0.300. The molecule has 0 spiro atoms. The second-order valence-corrected chi connectivity index (χ2v) is 6.53. The van der Waals surface area contributed by atoms with Gasteiger partial charge >= 0.3 is 0 Å². The lowest BCUT2D eigenvalue weighted by Crippen LogP contribution is -2.44. The van der Waals surface area contributed by atoms with Gasteiger partial charge in [-0.1, -0.05) is 26.0 Å². The summed E-state index contributed by atoms with van der Waals surface area (Å²) in [5.41, 5.74) is 0.431. The third-order valence-corrected chi connectivity index (χ3v) is 3.77. The highest BCUT2D eigenvalue weighted by atomic mass is 19.1. The molecule has 138 valence electrons. The number of amides is 2. The Morgan fingerprint density at radius 1 is 0.923 bits per heavy atom. The van der Waals surface area contributed by atoms with Crippen molar-refractivity contribution in [3.05, 3.63) is 71.3 Å². The van der Waals surface area contributed by atoms with Crippen LogP contribution in [0.25, 0.3) is 0 Å². The second-order valence-electron chi connectivity index (χ2n) is 6.53. The van der Waals surface area contributed by atoms with Gasteiger partial charge in [0.25, 0.3) is 11.8 Å². The van der Waals surface area contributed by atoms with Crippen molar-refractivity contribution in [2.75, 3.05) is 6.54 Å². The zero-order chi connectivity index (χ0) is 19.1. The fourth-order valence-electron chi connectivity index (χ4n) is 2.61. The summed E-state index contributed by atoms with van der Waals surface area (Å²) in [6.07, 6.45) is 0.629. The van der Waals surface area contributed by atoms with E-state index in [4.69, 9.17) is 0 Å². The number of carbonyl (C=O) groups excluding carboxylic acids is 2. The molecule has 1 unspecified atom stereocenters.